The molecular formula is C28H38N2O7. The molecule has 4 N–H and O–H groups in total. The quantitative estimate of drug-likeness (QED) is 0.367. The summed E-state index contributed by atoms with van der Waals surface area (Å²) in [5, 5.41) is 24.6. The lowest BCUT2D eigenvalue weighted by atomic mass is 9.77. The van der Waals surface area contributed by atoms with Gasteiger partial charge in [-0.15, -0.1) is 0 Å². The van der Waals surface area contributed by atoms with Crippen LogP contribution in [0.2, 0.25) is 0 Å². The number of carbonyl (C=O) groups is 3. The van der Waals surface area contributed by atoms with Gasteiger partial charge < -0.3 is 30.3 Å². The van der Waals surface area contributed by atoms with Crippen molar-refractivity contribution in [3.8, 4) is 0 Å². The molecule has 0 amide bonds. The van der Waals surface area contributed by atoms with Gasteiger partial charge in [-0.25, -0.2) is 4.79 Å². The first-order chi connectivity index (χ1) is 17.8. The van der Waals surface area contributed by atoms with Crippen molar-refractivity contribution in [1.29, 1.82) is 0 Å². The van der Waals surface area contributed by atoms with Gasteiger partial charge in [0.1, 0.15) is 5.41 Å². The van der Waals surface area contributed by atoms with Gasteiger partial charge in [-0.1, -0.05) is 30.4 Å². The number of rotatable bonds is 9. The van der Waals surface area contributed by atoms with Crippen molar-refractivity contribution in [3.05, 3.63) is 59.2 Å². The maximum absolute atomic E-state index is 11.6. The van der Waals surface area contributed by atoms with E-state index in [0.717, 1.165) is 63.0 Å². The van der Waals surface area contributed by atoms with Gasteiger partial charge in [0.2, 0.25) is 0 Å². The van der Waals surface area contributed by atoms with Crippen LogP contribution in [0.4, 0.5) is 0 Å². The molecule has 3 aliphatic rings. The molecule has 2 saturated heterocycles. The van der Waals surface area contributed by atoms with E-state index in [9.17, 15) is 19.5 Å². The van der Waals surface area contributed by atoms with E-state index in [2.05, 4.69) is 10.6 Å². The molecule has 9 heteroatoms. The van der Waals surface area contributed by atoms with Crippen LogP contribution in [-0.2, 0) is 25.7 Å². The first kappa shape index (κ1) is 28.7. The summed E-state index contributed by atoms with van der Waals surface area (Å²) in [5.74, 6) is -2.32. The highest BCUT2D eigenvalue weighted by Crippen LogP contribution is 2.31. The number of aliphatic carboxylic acids is 1. The van der Waals surface area contributed by atoms with E-state index in [4.69, 9.17) is 14.6 Å². The Bertz CT molecular complexity index is 961. The molecule has 1 atom stereocenters. The molecule has 1 unspecified atom stereocenters. The molecule has 2 aliphatic heterocycles. The van der Waals surface area contributed by atoms with Crippen LogP contribution in [0.1, 0.15) is 54.9 Å². The topological polar surface area (TPSA) is 134 Å². The summed E-state index contributed by atoms with van der Waals surface area (Å²) in [6, 6.07) is 6.85. The molecule has 1 aromatic rings. The fourth-order valence-corrected chi connectivity index (χ4v) is 4.45. The number of carboxylic acid groups (broad SMARTS) is 2. The summed E-state index contributed by atoms with van der Waals surface area (Å²) in [7, 11) is 0. The summed E-state index contributed by atoms with van der Waals surface area (Å²) < 4.78 is 11.6. The molecule has 1 aliphatic carbocycles. The number of nitrogens with one attached hydrogen (secondary N) is 2. The van der Waals surface area contributed by atoms with E-state index >= 15 is 0 Å². The second-order valence-corrected chi connectivity index (χ2v) is 9.67. The van der Waals surface area contributed by atoms with Crippen molar-refractivity contribution in [3.63, 3.8) is 0 Å². The van der Waals surface area contributed by atoms with Gasteiger partial charge in [-0.05, 0) is 88.5 Å². The van der Waals surface area contributed by atoms with Crippen LogP contribution in [0.3, 0.4) is 0 Å². The number of aromatic carboxylic acids is 1. The van der Waals surface area contributed by atoms with Crippen molar-refractivity contribution in [2.24, 2.45) is 5.41 Å². The van der Waals surface area contributed by atoms with Crippen molar-refractivity contribution in [2.75, 3.05) is 32.8 Å². The monoisotopic (exact) mass is 514 g/mol. The SMILES string of the molecule is CC(=O)C1(C(=O)O)C=CC(COC2CCNCC2)=CC1.O=C(O)c1ccc(COC2CCNCC2)cc1. The molecule has 9 nitrogen and oxygen atoms in total. The number of benzene rings is 1. The van der Waals surface area contributed by atoms with Crippen LogP contribution in [0.15, 0.2) is 48.1 Å². The van der Waals surface area contributed by atoms with Crippen LogP contribution >= 0.6 is 0 Å². The Kier molecular flexibility index (Phi) is 11.0. The third kappa shape index (κ3) is 8.60. The van der Waals surface area contributed by atoms with Gasteiger partial charge in [0.15, 0.2) is 5.78 Å². The van der Waals surface area contributed by atoms with Gasteiger partial charge in [0.05, 0.1) is 31.0 Å². The van der Waals surface area contributed by atoms with Gasteiger partial charge in [-0.3, -0.25) is 9.59 Å². The van der Waals surface area contributed by atoms with E-state index in [0.29, 0.717) is 24.9 Å². The normalized spacial score (nSPS) is 22.5. The Morgan fingerprint density at radius 2 is 1.43 bits per heavy atom. The van der Waals surface area contributed by atoms with Crippen LogP contribution in [-0.4, -0.2) is 72.9 Å². The van der Waals surface area contributed by atoms with Gasteiger partial charge >= 0.3 is 11.9 Å². The van der Waals surface area contributed by atoms with Gasteiger partial charge in [0.25, 0.3) is 0 Å². The average Bonchev–Trinajstić information content (AvgIpc) is 2.92. The molecule has 0 aromatic heterocycles. The van der Waals surface area contributed by atoms with Crippen LogP contribution in [0, 0.1) is 5.41 Å². The summed E-state index contributed by atoms with van der Waals surface area (Å²) in [4.78, 5) is 33.5. The number of allylic oxidation sites excluding steroid dienone is 1. The second kappa shape index (κ2) is 14.2. The van der Waals surface area contributed by atoms with E-state index in [1.165, 1.54) is 13.0 Å². The van der Waals surface area contributed by atoms with Gasteiger partial charge in [-0.2, -0.15) is 0 Å². The third-order valence-electron chi connectivity index (χ3n) is 7.02. The predicted octanol–water partition coefficient (Wildman–Crippen LogP) is 2.95. The summed E-state index contributed by atoms with van der Waals surface area (Å²) >= 11 is 0. The van der Waals surface area contributed by atoms with Crippen molar-refractivity contribution >= 4 is 17.7 Å². The highest BCUT2D eigenvalue weighted by atomic mass is 16.5. The molecular weight excluding hydrogens is 476 g/mol. The number of carboxylic acids is 2. The minimum absolute atomic E-state index is 0.207. The van der Waals surface area contributed by atoms with Crippen molar-refractivity contribution in [1.82, 2.24) is 10.6 Å². The molecule has 0 saturated carbocycles. The van der Waals surface area contributed by atoms with E-state index in [1.54, 1.807) is 24.3 Å². The number of hydrogen-bond donors (Lipinski definition) is 4. The predicted molar refractivity (Wildman–Crippen MR) is 139 cm³/mol. The molecule has 37 heavy (non-hydrogen) atoms. The molecule has 0 radical (unpaired) electrons. The number of piperidine rings is 2. The lowest BCUT2D eigenvalue weighted by Crippen LogP contribution is -2.37. The Morgan fingerprint density at radius 1 is 0.892 bits per heavy atom. The number of ether oxygens (including phenoxy) is 2. The minimum Gasteiger partial charge on any atom is -0.480 e. The highest BCUT2D eigenvalue weighted by Gasteiger charge is 2.41. The number of Topliss-reactive ketones (excluding diaryl/α,β-unsaturated/α-hetero) is 1. The third-order valence-corrected chi connectivity index (χ3v) is 7.02. The summed E-state index contributed by atoms with van der Waals surface area (Å²) in [5.41, 5.74) is 0.893. The molecule has 0 bridgehead atoms. The molecule has 2 fully saturated rings. The zero-order chi connectivity index (χ0) is 26.7. The molecule has 2 heterocycles. The zero-order valence-corrected chi connectivity index (χ0v) is 21.4. The Labute approximate surface area is 217 Å². The number of ketones is 1. The van der Waals surface area contributed by atoms with E-state index < -0.39 is 17.4 Å². The first-order valence-corrected chi connectivity index (χ1v) is 12.9. The van der Waals surface area contributed by atoms with E-state index in [-0.39, 0.29) is 18.3 Å². The Morgan fingerprint density at radius 3 is 1.86 bits per heavy atom. The number of hydrogen-bond acceptors (Lipinski definition) is 7. The standard InChI is InChI=1S/C15H21NO4.C13H17NO3/c1-11(17)15(14(18)19)6-2-12(3-7-15)10-20-13-4-8-16-9-5-13;15-13(16)11-3-1-10(2-4-11)9-17-12-5-7-14-8-6-12/h2-3,6,13,16H,4-5,7-10H2,1H3,(H,18,19);1-4,12,14H,5-9H2,(H,15,16). The van der Waals surface area contributed by atoms with Crippen LogP contribution in [0.25, 0.3) is 0 Å². The smallest absolute Gasteiger partial charge is 0.335 e. The molecule has 4 rings (SSSR count). The van der Waals surface area contributed by atoms with Crippen LogP contribution in [0.5, 0.6) is 0 Å². The van der Waals surface area contributed by atoms with E-state index in [1.807, 2.05) is 12.1 Å². The highest BCUT2D eigenvalue weighted by molar-refractivity contribution is 6.04. The van der Waals surface area contributed by atoms with Crippen molar-refractivity contribution < 1.29 is 34.1 Å². The fraction of sp³-hybridized carbons (Fsp3) is 0.536. The molecule has 0 spiro atoms. The zero-order valence-electron chi connectivity index (χ0n) is 21.4. The van der Waals surface area contributed by atoms with Crippen LogP contribution < -0.4 is 10.6 Å². The van der Waals surface area contributed by atoms with Gasteiger partial charge in [0, 0.05) is 0 Å². The molecule has 202 valence electrons. The number of carbonyl (C=O) groups excluding carboxylic acids is 1. The fourth-order valence-electron chi connectivity index (χ4n) is 4.45. The maximum Gasteiger partial charge on any atom is 0.335 e. The molecule has 1 aromatic carbocycles. The Hall–Kier alpha value is -2.85. The largest absolute Gasteiger partial charge is 0.480 e. The summed E-state index contributed by atoms with van der Waals surface area (Å²) in [6.45, 7) is 6.35. The van der Waals surface area contributed by atoms with Crippen molar-refractivity contribution in [2.45, 2.75) is 57.8 Å². The minimum atomic E-state index is -1.39. The summed E-state index contributed by atoms with van der Waals surface area (Å²) in [6.07, 6.45) is 9.92. The average molecular weight is 515 g/mol. The lowest BCUT2D eigenvalue weighted by molar-refractivity contribution is -0.150. The first-order valence-electron chi connectivity index (χ1n) is 12.9. The Balaban J connectivity index is 0.000000208. The lowest BCUT2D eigenvalue weighted by Gasteiger charge is -2.26. The maximum atomic E-state index is 11.6. The second-order valence-electron chi connectivity index (χ2n) is 9.67.